The summed E-state index contributed by atoms with van der Waals surface area (Å²) in [4.78, 5) is 9.31. The molecule has 0 saturated carbocycles. The van der Waals surface area contributed by atoms with Gasteiger partial charge < -0.3 is 10.1 Å². The van der Waals surface area contributed by atoms with Crippen molar-refractivity contribution in [1.29, 1.82) is 0 Å². The maximum atomic E-state index is 12.0. The predicted octanol–water partition coefficient (Wildman–Crippen LogP) is 3.72. The number of hydrogen-bond acceptors (Lipinski definition) is 12. The second-order valence-corrected chi connectivity index (χ2v) is 13.2. The Labute approximate surface area is 262 Å². The molecule has 1 heterocycles. The van der Waals surface area contributed by atoms with Gasteiger partial charge in [0.15, 0.2) is 11.6 Å². The van der Waals surface area contributed by atoms with Crippen LogP contribution in [-0.2, 0) is 20.0 Å². The SMILES string of the molecule is CNS(=O)(=O)c1ccc(C(C)=NNc2cc(NN=C(C)c3ccc(S(=O)(=O)NC)cc3)nc(Nc3ccc(OC)cc3)n2)cc1. The van der Waals surface area contributed by atoms with Gasteiger partial charge in [-0.2, -0.15) is 20.2 Å². The number of anilines is 4. The van der Waals surface area contributed by atoms with E-state index in [1.54, 1.807) is 63.4 Å². The molecule has 4 aromatic rings. The van der Waals surface area contributed by atoms with E-state index in [2.05, 4.69) is 45.8 Å². The van der Waals surface area contributed by atoms with Crippen LogP contribution in [0.25, 0.3) is 0 Å². The number of nitrogens with zero attached hydrogens (tertiary/aromatic N) is 4. The molecule has 45 heavy (non-hydrogen) atoms. The fourth-order valence-corrected chi connectivity index (χ4v) is 5.28. The number of aromatic nitrogens is 2. The summed E-state index contributed by atoms with van der Waals surface area (Å²) in [6, 6.07) is 21.5. The standard InChI is InChI=1S/C29H33N9O5S2/c1-19(21-6-14-25(15-7-21)44(39,40)30-3)35-37-27-18-28(34-29(33-27)32-23-10-12-24(43-5)13-11-23)38-36-20(2)22-8-16-26(17-9-22)45(41,42)31-4/h6-18,30-31H,1-5H3,(H3,32,33,34,37,38). The smallest absolute Gasteiger partial charge is 0.240 e. The van der Waals surface area contributed by atoms with E-state index in [0.29, 0.717) is 45.6 Å². The number of methoxy groups -OCH3 is 1. The third kappa shape index (κ3) is 8.60. The fourth-order valence-electron chi connectivity index (χ4n) is 3.82. The van der Waals surface area contributed by atoms with Crippen molar-refractivity contribution < 1.29 is 21.6 Å². The molecule has 236 valence electrons. The van der Waals surface area contributed by atoms with Gasteiger partial charge in [-0.05, 0) is 87.6 Å². The minimum atomic E-state index is -3.55. The maximum absolute atomic E-state index is 12.0. The van der Waals surface area contributed by atoms with E-state index in [-0.39, 0.29) is 15.7 Å². The average molecular weight is 652 g/mol. The summed E-state index contributed by atoms with van der Waals surface area (Å²) in [5.41, 5.74) is 9.13. The lowest BCUT2D eigenvalue weighted by molar-refractivity contribution is 0.415. The summed E-state index contributed by atoms with van der Waals surface area (Å²) >= 11 is 0. The molecular formula is C29H33N9O5S2. The van der Waals surface area contributed by atoms with Crippen molar-refractivity contribution in [2.75, 3.05) is 37.4 Å². The van der Waals surface area contributed by atoms with E-state index in [0.717, 1.165) is 0 Å². The fraction of sp³-hybridized carbons (Fsp3) is 0.172. The van der Waals surface area contributed by atoms with Crippen molar-refractivity contribution in [3.63, 3.8) is 0 Å². The Morgan fingerprint density at radius 3 is 1.47 bits per heavy atom. The lowest BCUT2D eigenvalue weighted by atomic mass is 10.1. The Morgan fingerprint density at radius 2 is 1.09 bits per heavy atom. The number of nitrogens with one attached hydrogen (secondary N) is 5. The average Bonchev–Trinajstić information content (AvgIpc) is 3.06. The molecule has 0 spiro atoms. The van der Waals surface area contributed by atoms with E-state index in [4.69, 9.17) is 4.74 Å². The number of ether oxygens (including phenoxy) is 1. The molecular weight excluding hydrogens is 619 g/mol. The quantitative estimate of drug-likeness (QED) is 0.105. The first kappa shape index (κ1) is 33.0. The van der Waals surface area contributed by atoms with E-state index in [1.165, 1.54) is 38.4 Å². The Kier molecular flexibility index (Phi) is 10.5. The third-order valence-electron chi connectivity index (χ3n) is 6.45. The summed E-state index contributed by atoms with van der Waals surface area (Å²) in [5, 5.41) is 12.0. The van der Waals surface area contributed by atoms with Crippen LogP contribution in [0.4, 0.5) is 23.3 Å². The van der Waals surface area contributed by atoms with Gasteiger partial charge in [-0.1, -0.05) is 24.3 Å². The Morgan fingerprint density at radius 1 is 0.667 bits per heavy atom. The number of rotatable bonds is 13. The molecule has 0 aliphatic rings. The molecule has 0 saturated heterocycles. The predicted molar refractivity (Wildman–Crippen MR) is 175 cm³/mol. The van der Waals surface area contributed by atoms with E-state index in [9.17, 15) is 16.8 Å². The van der Waals surface area contributed by atoms with Crippen LogP contribution < -0.4 is 30.3 Å². The topological polar surface area (TPSA) is 188 Å². The minimum Gasteiger partial charge on any atom is -0.497 e. The van der Waals surface area contributed by atoms with Crippen LogP contribution in [0.3, 0.4) is 0 Å². The van der Waals surface area contributed by atoms with Crippen molar-refractivity contribution in [1.82, 2.24) is 19.4 Å². The zero-order chi connectivity index (χ0) is 32.6. The molecule has 5 N–H and O–H groups in total. The summed E-state index contributed by atoms with van der Waals surface area (Å²) < 4.78 is 57.9. The van der Waals surface area contributed by atoms with E-state index < -0.39 is 20.0 Å². The molecule has 0 aliphatic carbocycles. The Balaban J connectivity index is 1.59. The van der Waals surface area contributed by atoms with Crippen LogP contribution in [-0.4, -0.2) is 59.4 Å². The normalized spacial score (nSPS) is 12.5. The van der Waals surface area contributed by atoms with Crippen LogP contribution in [0.1, 0.15) is 25.0 Å². The van der Waals surface area contributed by atoms with Crippen LogP contribution >= 0.6 is 0 Å². The van der Waals surface area contributed by atoms with Crippen LogP contribution in [0.15, 0.2) is 98.9 Å². The third-order valence-corrected chi connectivity index (χ3v) is 9.31. The molecule has 0 aliphatic heterocycles. The zero-order valence-corrected chi connectivity index (χ0v) is 26.8. The summed E-state index contributed by atoms with van der Waals surface area (Å²) in [7, 11) is -2.82. The first-order valence-corrected chi connectivity index (χ1v) is 16.4. The number of sulfonamides is 2. The second kappa shape index (κ2) is 14.3. The van der Waals surface area contributed by atoms with Gasteiger partial charge in [0.1, 0.15) is 5.75 Å². The zero-order valence-electron chi connectivity index (χ0n) is 25.2. The molecule has 16 heteroatoms. The number of benzene rings is 3. The van der Waals surface area contributed by atoms with Gasteiger partial charge in [-0.3, -0.25) is 10.9 Å². The van der Waals surface area contributed by atoms with Gasteiger partial charge >= 0.3 is 0 Å². The van der Waals surface area contributed by atoms with Crippen molar-refractivity contribution >= 4 is 54.7 Å². The van der Waals surface area contributed by atoms with Crippen LogP contribution in [0, 0.1) is 0 Å². The van der Waals surface area contributed by atoms with E-state index in [1.807, 2.05) is 12.1 Å². The van der Waals surface area contributed by atoms with Crippen molar-refractivity contribution in [2.24, 2.45) is 10.2 Å². The first-order valence-electron chi connectivity index (χ1n) is 13.4. The van der Waals surface area contributed by atoms with Gasteiger partial charge in [-0.25, -0.2) is 26.3 Å². The van der Waals surface area contributed by atoms with Gasteiger partial charge in [0.25, 0.3) is 0 Å². The molecule has 0 unspecified atom stereocenters. The minimum absolute atomic E-state index is 0.144. The van der Waals surface area contributed by atoms with Gasteiger partial charge in [0, 0.05) is 11.8 Å². The van der Waals surface area contributed by atoms with Crippen molar-refractivity contribution in [3.05, 3.63) is 90.0 Å². The lowest BCUT2D eigenvalue weighted by Crippen LogP contribution is -2.18. The van der Waals surface area contributed by atoms with Crippen LogP contribution in [0.5, 0.6) is 5.75 Å². The molecule has 0 atom stereocenters. The highest BCUT2D eigenvalue weighted by Gasteiger charge is 2.13. The van der Waals surface area contributed by atoms with Gasteiger partial charge in [0.05, 0.1) is 28.3 Å². The molecule has 0 amide bonds. The highest BCUT2D eigenvalue weighted by Crippen LogP contribution is 2.21. The van der Waals surface area contributed by atoms with Gasteiger partial charge in [-0.15, -0.1) is 0 Å². The summed E-state index contributed by atoms with van der Waals surface area (Å²) in [6.45, 7) is 3.54. The molecule has 0 radical (unpaired) electrons. The molecule has 1 aromatic heterocycles. The Hall–Kier alpha value is -4.90. The molecule has 14 nitrogen and oxygen atoms in total. The number of hydrogen-bond donors (Lipinski definition) is 5. The van der Waals surface area contributed by atoms with E-state index >= 15 is 0 Å². The summed E-state index contributed by atoms with van der Waals surface area (Å²) in [5.74, 6) is 1.62. The first-order chi connectivity index (χ1) is 21.4. The number of hydrazone groups is 2. The highest BCUT2D eigenvalue weighted by atomic mass is 32.2. The van der Waals surface area contributed by atoms with Gasteiger partial charge in [0.2, 0.25) is 26.0 Å². The van der Waals surface area contributed by atoms with Crippen molar-refractivity contribution in [2.45, 2.75) is 23.6 Å². The summed E-state index contributed by atoms with van der Waals surface area (Å²) in [6.07, 6.45) is 0. The second-order valence-electron chi connectivity index (χ2n) is 9.40. The van der Waals surface area contributed by atoms with Crippen LogP contribution in [0.2, 0.25) is 0 Å². The molecule has 0 fully saturated rings. The molecule has 0 bridgehead atoms. The molecule has 3 aromatic carbocycles. The Bertz CT molecular complexity index is 1800. The maximum Gasteiger partial charge on any atom is 0.240 e. The lowest BCUT2D eigenvalue weighted by Gasteiger charge is -2.11. The monoisotopic (exact) mass is 651 g/mol. The largest absolute Gasteiger partial charge is 0.497 e. The van der Waals surface area contributed by atoms with Crippen molar-refractivity contribution in [3.8, 4) is 5.75 Å². The molecule has 4 rings (SSSR count). The highest BCUT2D eigenvalue weighted by molar-refractivity contribution is 7.89.